The van der Waals surface area contributed by atoms with E-state index in [1.165, 1.54) is 0 Å². The molecule has 2 aromatic rings. The van der Waals surface area contributed by atoms with Crippen LogP contribution in [0.2, 0.25) is 0 Å². The molecular formula is C16H24N6O3S. The van der Waals surface area contributed by atoms with E-state index in [0.717, 1.165) is 12.2 Å². The first-order chi connectivity index (χ1) is 12.2. The Kier molecular flexibility index (Phi) is 4.87. The van der Waals surface area contributed by atoms with E-state index < -0.39 is 9.84 Å². The van der Waals surface area contributed by atoms with E-state index in [4.69, 9.17) is 0 Å². The third kappa shape index (κ3) is 3.79. The Hall–Kier alpha value is -2.23. The summed E-state index contributed by atoms with van der Waals surface area (Å²) >= 11 is 0. The molecule has 0 bridgehead atoms. The first-order valence-corrected chi connectivity index (χ1v) is 10.5. The number of aromatic nitrogens is 5. The minimum absolute atomic E-state index is 0.0650. The molecule has 1 aliphatic heterocycles. The van der Waals surface area contributed by atoms with E-state index in [-0.39, 0.29) is 29.4 Å². The summed E-state index contributed by atoms with van der Waals surface area (Å²) in [6.45, 7) is 7.67. The van der Waals surface area contributed by atoms with Crippen LogP contribution in [-0.2, 0) is 16.3 Å². The highest BCUT2D eigenvalue weighted by Gasteiger charge is 2.32. The second kappa shape index (κ2) is 6.82. The third-order valence-electron chi connectivity index (χ3n) is 4.46. The quantitative estimate of drug-likeness (QED) is 0.809. The van der Waals surface area contributed by atoms with Gasteiger partial charge >= 0.3 is 0 Å². The number of hydrogen-bond acceptors (Lipinski definition) is 6. The Morgan fingerprint density at radius 3 is 2.73 bits per heavy atom. The SMILES string of the molecule is Cc1nn([C@H]2CCS(=O)(=O)C2)c(C)c1C(=O)Nc1n[nH]c(CC(C)C)n1. The summed E-state index contributed by atoms with van der Waals surface area (Å²) in [5, 5.41) is 13.9. The van der Waals surface area contributed by atoms with Crippen LogP contribution < -0.4 is 5.32 Å². The molecule has 0 aliphatic carbocycles. The number of carbonyl (C=O) groups is 1. The van der Waals surface area contributed by atoms with E-state index in [1.807, 2.05) is 0 Å². The monoisotopic (exact) mass is 380 g/mol. The smallest absolute Gasteiger partial charge is 0.261 e. The van der Waals surface area contributed by atoms with Crippen molar-refractivity contribution in [1.82, 2.24) is 25.0 Å². The highest BCUT2D eigenvalue weighted by molar-refractivity contribution is 7.91. The van der Waals surface area contributed by atoms with Gasteiger partial charge < -0.3 is 0 Å². The second-order valence-corrected chi connectivity index (χ2v) is 9.43. The van der Waals surface area contributed by atoms with Crippen molar-refractivity contribution >= 4 is 21.7 Å². The van der Waals surface area contributed by atoms with Gasteiger partial charge in [-0.3, -0.25) is 19.9 Å². The van der Waals surface area contributed by atoms with E-state index in [2.05, 4.69) is 39.4 Å². The Labute approximate surface area is 152 Å². The van der Waals surface area contributed by atoms with Gasteiger partial charge in [-0.15, -0.1) is 5.10 Å². The molecule has 1 amide bonds. The molecule has 0 radical (unpaired) electrons. The first-order valence-electron chi connectivity index (χ1n) is 8.65. The molecule has 3 heterocycles. The second-order valence-electron chi connectivity index (χ2n) is 7.21. The van der Waals surface area contributed by atoms with Crippen LogP contribution in [0.5, 0.6) is 0 Å². The molecule has 1 aliphatic rings. The highest BCUT2D eigenvalue weighted by atomic mass is 32.2. The van der Waals surface area contributed by atoms with Crippen LogP contribution in [0.1, 0.15) is 53.9 Å². The zero-order valence-electron chi connectivity index (χ0n) is 15.4. The fourth-order valence-corrected chi connectivity index (χ4v) is 5.00. The molecule has 0 spiro atoms. The number of anilines is 1. The number of rotatable bonds is 5. The molecule has 1 atom stereocenters. The fraction of sp³-hybridized carbons (Fsp3) is 0.625. The first kappa shape index (κ1) is 18.6. The summed E-state index contributed by atoms with van der Waals surface area (Å²) in [5.74, 6) is 1.25. The molecule has 1 fully saturated rings. The summed E-state index contributed by atoms with van der Waals surface area (Å²) < 4.78 is 25.1. The maximum atomic E-state index is 12.7. The highest BCUT2D eigenvalue weighted by Crippen LogP contribution is 2.27. The van der Waals surface area contributed by atoms with Crippen molar-refractivity contribution in [2.45, 2.75) is 46.6 Å². The van der Waals surface area contributed by atoms with Crippen LogP contribution in [0.15, 0.2) is 0 Å². The number of nitrogens with zero attached hydrogens (tertiary/aromatic N) is 4. The number of nitrogens with one attached hydrogen (secondary N) is 2. The van der Waals surface area contributed by atoms with Gasteiger partial charge in [0.15, 0.2) is 9.84 Å². The summed E-state index contributed by atoms with van der Waals surface area (Å²) in [7, 11) is -3.03. The maximum Gasteiger partial charge on any atom is 0.261 e. The van der Waals surface area contributed by atoms with Gasteiger partial charge in [-0.1, -0.05) is 13.8 Å². The van der Waals surface area contributed by atoms with Crippen LogP contribution in [-0.4, -0.2) is 50.8 Å². The van der Waals surface area contributed by atoms with Gasteiger partial charge in [0.2, 0.25) is 5.95 Å². The van der Waals surface area contributed by atoms with Crippen molar-refractivity contribution in [2.75, 3.05) is 16.8 Å². The minimum Gasteiger partial charge on any atom is -0.289 e. The van der Waals surface area contributed by atoms with Crippen LogP contribution >= 0.6 is 0 Å². The largest absolute Gasteiger partial charge is 0.289 e. The lowest BCUT2D eigenvalue weighted by molar-refractivity contribution is 0.102. The van der Waals surface area contributed by atoms with Crippen molar-refractivity contribution in [3.8, 4) is 0 Å². The molecule has 9 nitrogen and oxygen atoms in total. The van der Waals surface area contributed by atoms with Gasteiger partial charge in [0.1, 0.15) is 5.82 Å². The van der Waals surface area contributed by atoms with E-state index in [1.54, 1.807) is 18.5 Å². The zero-order chi connectivity index (χ0) is 19.1. The van der Waals surface area contributed by atoms with Crippen molar-refractivity contribution in [1.29, 1.82) is 0 Å². The van der Waals surface area contributed by atoms with Gasteiger partial charge in [-0.25, -0.2) is 8.42 Å². The van der Waals surface area contributed by atoms with Crippen LogP contribution in [0.3, 0.4) is 0 Å². The van der Waals surface area contributed by atoms with E-state index in [9.17, 15) is 13.2 Å². The molecule has 142 valence electrons. The maximum absolute atomic E-state index is 12.7. The topological polar surface area (TPSA) is 123 Å². The number of aromatic amines is 1. The molecular weight excluding hydrogens is 356 g/mol. The third-order valence-corrected chi connectivity index (χ3v) is 6.22. The molecule has 2 N–H and O–H groups in total. The number of hydrogen-bond donors (Lipinski definition) is 2. The van der Waals surface area contributed by atoms with Gasteiger partial charge in [-0.05, 0) is 26.2 Å². The molecule has 0 saturated carbocycles. The van der Waals surface area contributed by atoms with E-state index in [0.29, 0.717) is 29.3 Å². The summed E-state index contributed by atoms with van der Waals surface area (Å²) in [6.07, 6.45) is 1.26. The average molecular weight is 380 g/mol. The minimum atomic E-state index is -3.03. The molecule has 2 aromatic heterocycles. The van der Waals surface area contributed by atoms with Crippen LogP contribution in [0, 0.1) is 19.8 Å². The Morgan fingerprint density at radius 1 is 1.38 bits per heavy atom. The lowest BCUT2D eigenvalue weighted by Crippen LogP contribution is -2.17. The standard InChI is InChI=1S/C16H24N6O3S/c1-9(2)7-13-17-16(20-19-13)18-15(23)14-10(3)21-22(11(14)4)12-5-6-26(24,25)8-12/h9,12H,5-8H2,1-4H3,(H2,17,18,19,20,23)/t12-/m0/s1. The van der Waals surface area contributed by atoms with Gasteiger partial charge in [0, 0.05) is 12.1 Å². The van der Waals surface area contributed by atoms with Crippen molar-refractivity contribution in [2.24, 2.45) is 5.92 Å². The normalized spacial score (nSPS) is 19.2. The van der Waals surface area contributed by atoms with Crippen molar-refractivity contribution in [3.63, 3.8) is 0 Å². The number of H-pyrrole nitrogens is 1. The summed E-state index contributed by atoms with van der Waals surface area (Å²) in [4.78, 5) is 16.9. The average Bonchev–Trinajstić information content (AvgIpc) is 3.17. The lowest BCUT2D eigenvalue weighted by Gasteiger charge is -2.11. The van der Waals surface area contributed by atoms with Crippen LogP contribution in [0.4, 0.5) is 5.95 Å². The Bertz CT molecular complexity index is 928. The predicted molar refractivity (Wildman–Crippen MR) is 96.9 cm³/mol. The van der Waals surface area contributed by atoms with Gasteiger partial charge in [0.25, 0.3) is 5.91 Å². The fourth-order valence-electron chi connectivity index (χ4n) is 3.31. The number of amides is 1. The number of carbonyl (C=O) groups excluding carboxylic acids is 1. The number of aryl methyl sites for hydroxylation is 1. The van der Waals surface area contributed by atoms with E-state index >= 15 is 0 Å². The molecule has 26 heavy (non-hydrogen) atoms. The summed E-state index contributed by atoms with van der Waals surface area (Å²) in [5.41, 5.74) is 1.65. The van der Waals surface area contributed by atoms with Gasteiger partial charge in [-0.2, -0.15) is 10.1 Å². The van der Waals surface area contributed by atoms with Gasteiger partial charge in [0.05, 0.1) is 28.8 Å². The Balaban J connectivity index is 1.79. The van der Waals surface area contributed by atoms with Crippen molar-refractivity contribution in [3.05, 3.63) is 22.8 Å². The number of sulfone groups is 1. The molecule has 0 unspecified atom stereocenters. The lowest BCUT2D eigenvalue weighted by atomic mass is 10.1. The zero-order valence-corrected chi connectivity index (χ0v) is 16.2. The molecule has 10 heteroatoms. The Morgan fingerprint density at radius 2 is 2.12 bits per heavy atom. The summed E-state index contributed by atoms with van der Waals surface area (Å²) in [6, 6.07) is -0.221. The molecule has 1 saturated heterocycles. The van der Waals surface area contributed by atoms with Crippen LogP contribution in [0.25, 0.3) is 0 Å². The molecule has 0 aromatic carbocycles. The van der Waals surface area contributed by atoms with Crippen molar-refractivity contribution < 1.29 is 13.2 Å². The predicted octanol–water partition coefficient (Wildman–Crippen LogP) is 1.43. The molecule has 3 rings (SSSR count).